The quantitative estimate of drug-likeness (QED) is 0.234. The Hall–Kier alpha value is -2.96. The van der Waals surface area contributed by atoms with Crippen LogP contribution in [0.2, 0.25) is 0 Å². The van der Waals surface area contributed by atoms with Gasteiger partial charge in [-0.1, -0.05) is 23.8 Å². The Balaban J connectivity index is 1.55. The molecular formula is C25H22N4S2. The Labute approximate surface area is 193 Å². The maximum atomic E-state index is 4.55. The predicted molar refractivity (Wildman–Crippen MR) is 134 cm³/mol. The maximum Gasteiger partial charge on any atom is 0.0887 e. The average Bonchev–Trinajstić information content (AvgIpc) is 2.72. The van der Waals surface area contributed by atoms with Crippen LogP contribution < -0.4 is 0 Å². The van der Waals surface area contributed by atoms with E-state index >= 15 is 0 Å². The van der Waals surface area contributed by atoms with E-state index in [9.17, 15) is 0 Å². The van der Waals surface area contributed by atoms with Crippen LogP contribution in [0, 0.1) is 20.8 Å². The topological polar surface area (TPSA) is 49.4 Å². The molecule has 0 heterocycles. The molecule has 0 atom stereocenters. The minimum atomic E-state index is 0.771. The van der Waals surface area contributed by atoms with Crippen molar-refractivity contribution in [2.24, 2.45) is 20.5 Å². The van der Waals surface area contributed by atoms with Crippen molar-refractivity contribution in [1.29, 1.82) is 0 Å². The molecule has 4 aromatic carbocycles. The van der Waals surface area contributed by atoms with Gasteiger partial charge in [-0.3, -0.25) is 0 Å². The van der Waals surface area contributed by atoms with Crippen molar-refractivity contribution in [3.05, 3.63) is 83.4 Å². The Bertz CT molecular complexity index is 1340. The van der Waals surface area contributed by atoms with E-state index in [2.05, 4.69) is 58.7 Å². The van der Waals surface area contributed by atoms with Gasteiger partial charge in [0.05, 0.1) is 22.7 Å². The fourth-order valence-corrected chi connectivity index (χ4v) is 4.03. The highest BCUT2D eigenvalue weighted by Crippen LogP contribution is 2.31. The summed E-state index contributed by atoms with van der Waals surface area (Å²) in [7, 11) is 0. The Morgan fingerprint density at radius 2 is 1.19 bits per heavy atom. The van der Waals surface area contributed by atoms with Crippen molar-refractivity contribution in [3.63, 3.8) is 0 Å². The molecule has 4 rings (SSSR count). The molecule has 0 saturated heterocycles. The van der Waals surface area contributed by atoms with Crippen LogP contribution in [0.15, 0.2) is 97.0 Å². The summed E-state index contributed by atoms with van der Waals surface area (Å²) in [6, 6.07) is 21.8. The highest BCUT2D eigenvalue weighted by atomic mass is 32.1. The van der Waals surface area contributed by atoms with E-state index in [1.54, 1.807) is 0 Å². The Kier molecular flexibility index (Phi) is 6.20. The molecule has 31 heavy (non-hydrogen) atoms. The molecule has 0 aromatic heterocycles. The molecule has 0 aliphatic rings. The Morgan fingerprint density at radius 3 is 1.87 bits per heavy atom. The third-order valence-electron chi connectivity index (χ3n) is 4.98. The maximum absolute atomic E-state index is 4.55. The predicted octanol–water partition coefficient (Wildman–Crippen LogP) is 9.17. The van der Waals surface area contributed by atoms with Crippen LogP contribution in [-0.2, 0) is 0 Å². The molecule has 6 heteroatoms. The number of azo groups is 2. The van der Waals surface area contributed by atoms with Gasteiger partial charge in [0.1, 0.15) is 0 Å². The molecule has 0 radical (unpaired) electrons. The molecule has 0 amide bonds. The summed E-state index contributed by atoms with van der Waals surface area (Å²) in [4.78, 5) is 1.76. The second kappa shape index (κ2) is 9.04. The van der Waals surface area contributed by atoms with Crippen LogP contribution in [0.4, 0.5) is 22.7 Å². The van der Waals surface area contributed by atoms with Crippen LogP contribution in [0.3, 0.4) is 0 Å². The molecule has 0 unspecified atom stereocenters. The largest absolute Gasteiger partial charge is 0.151 e. The molecule has 0 aliphatic carbocycles. The molecule has 4 nitrogen and oxygen atoms in total. The van der Waals surface area contributed by atoms with Gasteiger partial charge in [0.15, 0.2) is 0 Å². The number of hydrogen-bond acceptors (Lipinski definition) is 6. The van der Waals surface area contributed by atoms with Gasteiger partial charge in [-0.15, -0.1) is 25.3 Å². The van der Waals surface area contributed by atoms with Gasteiger partial charge in [0.25, 0.3) is 0 Å². The Morgan fingerprint density at radius 1 is 0.581 bits per heavy atom. The zero-order chi connectivity index (χ0) is 22.0. The first kappa shape index (κ1) is 21.3. The molecule has 0 fully saturated rings. The first-order valence-corrected chi connectivity index (χ1v) is 10.8. The van der Waals surface area contributed by atoms with E-state index in [0.717, 1.165) is 54.4 Å². The number of nitrogens with zero attached hydrogens (tertiary/aromatic N) is 4. The highest BCUT2D eigenvalue weighted by molar-refractivity contribution is 7.81. The zero-order valence-electron chi connectivity index (χ0n) is 17.5. The van der Waals surface area contributed by atoms with Crippen LogP contribution in [0.25, 0.3) is 10.8 Å². The SMILES string of the molecule is Cc1ccc(N=Nc2ccc(N=Nc3ccc4cc(S)cc(S)c4c3)c(C)c2)c(C)c1. The van der Waals surface area contributed by atoms with Crippen LogP contribution in [0.5, 0.6) is 0 Å². The fourth-order valence-electron chi connectivity index (χ4n) is 3.33. The monoisotopic (exact) mass is 442 g/mol. The fraction of sp³-hybridized carbons (Fsp3) is 0.120. The first-order valence-electron chi connectivity index (χ1n) is 9.86. The summed E-state index contributed by atoms with van der Waals surface area (Å²) >= 11 is 8.95. The normalized spacial score (nSPS) is 11.8. The van der Waals surface area contributed by atoms with Crippen LogP contribution >= 0.6 is 25.3 Å². The van der Waals surface area contributed by atoms with Gasteiger partial charge in [0, 0.05) is 9.79 Å². The molecule has 4 aromatic rings. The third-order valence-corrected chi connectivity index (χ3v) is 5.61. The summed E-state index contributed by atoms with van der Waals surface area (Å²) in [6.45, 7) is 6.10. The number of aryl methyl sites for hydroxylation is 3. The number of hydrogen-bond donors (Lipinski definition) is 2. The smallest absolute Gasteiger partial charge is 0.0887 e. The van der Waals surface area contributed by atoms with Gasteiger partial charge >= 0.3 is 0 Å². The van der Waals surface area contributed by atoms with Gasteiger partial charge in [-0.2, -0.15) is 20.5 Å². The summed E-state index contributed by atoms with van der Waals surface area (Å²) < 4.78 is 0. The lowest BCUT2D eigenvalue weighted by Crippen LogP contribution is -1.78. The van der Waals surface area contributed by atoms with Gasteiger partial charge < -0.3 is 0 Å². The zero-order valence-corrected chi connectivity index (χ0v) is 19.3. The van der Waals surface area contributed by atoms with Gasteiger partial charge in [-0.05, 0) is 91.2 Å². The second-order valence-corrected chi connectivity index (χ2v) is 8.53. The molecular weight excluding hydrogens is 420 g/mol. The lowest BCUT2D eigenvalue weighted by molar-refractivity contribution is 1.18. The van der Waals surface area contributed by atoms with Crippen molar-refractivity contribution >= 4 is 58.8 Å². The van der Waals surface area contributed by atoms with E-state index < -0.39 is 0 Å². The third kappa shape index (κ3) is 5.03. The van der Waals surface area contributed by atoms with Crippen molar-refractivity contribution < 1.29 is 0 Å². The first-order chi connectivity index (χ1) is 14.9. The molecule has 154 valence electrons. The number of benzene rings is 4. The number of thiol groups is 2. The minimum Gasteiger partial charge on any atom is -0.151 e. The van der Waals surface area contributed by atoms with Gasteiger partial charge in [0.2, 0.25) is 0 Å². The highest BCUT2D eigenvalue weighted by Gasteiger charge is 2.03. The van der Waals surface area contributed by atoms with E-state index in [1.165, 1.54) is 5.56 Å². The van der Waals surface area contributed by atoms with Crippen molar-refractivity contribution in [2.45, 2.75) is 30.6 Å². The number of fused-ring (bicyclic) bond motifs is 1. The van der Waals surface area contributed by atoms with E-state index in [-0.39, 0.29) is 0 Å². The lowest BCUT2D eigenvalue weighted by atomic mass is 10.1. The van der Waals surface area contributed by atoms with Gasteiger partial charge in [-0.25, -0.2) is 0 Å². The van der Waals surface area contributed by atoms with E-state index in [1.807, 2.05) is 74.5 Å². The number of rotatable bonds is 4. The lowest BCUT2D eigenvalue weighted by Gasteiger charge is -2.04. The van der Waals surface area contributed by atoms with Crippen molar-refractivity contribution in [1.82, 2.24) is 0 Å². The summed E-state index contributed by atoms with van der Waals surface area (Å²) in [5.41, 5.74) is 6.52. The van der Waals surface area contributed by atoms with Crippen LogP contribution in [0.1, 0.15) is 16.7 Å². The molecule has 0 aliphatic heterocycles. The average molecular weight is 443 g/mol. The molecule has 0 N–H and O–H groups in total. The summed E-state index contributed by atoms with van der Waals surface area (Å²) in [5.74, 6) is 0. The molecule has 0 spiro atoms. The summed E-state index contributed by atoms with van der Waals surface area (Å²) in [6.07, 6.45) is 0. The minimum absolute atomic E-state index is 0.771. The van der Waals surface area contributed by atoms with Crippen molar-refractivity contribution in [3.8, 4) is 0 Å². The van der Waals surface area contributed by atoms with E-state index in [4.69, 9.17) is 0 Å². The molecule has 0 bridgehead atoms. The van der Waals surface area contributed by atoms with Crippen molar-refractivity contribution in [2.75, 3.05) is 0 Å². The summed E-state index contributed by atoms with van der Waals surface area (Å²) in [5, 5.41) is 19.7. The molecule has 0 saturated carbocycles. The second-order valence-electron chi connectivity index (χ2n) is 7.53. The standard InChI is InChI=1S/C25H22N4S2/c1-15-4-8-23(16(2)10-15)28-26-19-7-9-24(17(3)11-19)29-27-20-6-5-18-12-21(30)14-25(31)22(18)13-20/h4-14,30-31H,1-3H3. The van der Waals surface area contributed by atoms with E-state index in [0.29, 0.717) is 0 Å². The van der Waals surface area contributed by atoms with Crippen LogP contribution in [-0.4, -0.2) is 0 Å².